The van der Waals surface area contributed by atoms with E-state index in [0.717, 1.165) is 50.9 Å². The van der Waals surface area contributed by atoms with Crippen LogP contribution in [0.2, 0.25) is 0 Å². The van der Waals surface area contributed by atoms with E-state index in [4.69, 9.17) is 4.52 Å². The van der Waals surface area contributed by atoms with Crippen LogP contribution in [-0.4, -0.2) is 72.8 Å². The maximum Gasteiger partial charge on any atom is 0.231 e. The van der Waals surface area contributed by atoms with Crippen LogP contribution >= 0.6 is 0 Å². The van der Waals surface area contributed by atoms with Crippen molar-refractivity contribution in [1.82, 2.24) is 25.3 Å². The summed E-state index contributed by atoms with van der Waals surface area (Å²) in [5.41, 5.74) is 0. The molecule has 0 radical (unpaired) electrons. The van der Waals surface area contributed by atoms with Gasteiger partial charge in [-0.05, 0) is 26.6 Å². The Morgan fingerprint density at radius 1 is 1.30 bits per heavy atom. The Kier molecular flexibility index (Phi) is 4.05. The molecule has 3 heterocycles. The molecule has 1 unspecified atom stereocenters. The zero-order valence-electron chi connectivity index (χ0n) is 12.7. The van der Waals surface area contributed by atoms with Crippen molar-refractivity contribution >= 4 is 0 Å². The van der Waals surface area contributed by atoms with Crippen molar-refractivity contribution in [2.45, 2.75) is 25.3 Å². The van der Waals surface area contributed by atoms with Gasteiger partial charge in [-0.3, -0.25) is 0 Å². The third kappa shape index (κ3) is 2.87. The third-order valence-corrected chi connectivity index (χ3v) is 4.72. The zero-order chi connectivity index (χ0) is 14.1. The molecule has 6 heteroatoms. The second-order valence-corrected chi connectivity index (χ2v) is 6.39. The summed E-state index contributed by atoms with van der Waals surface area (Å²) in [7, 11) is 4.36. The summed E-state index contributed by atoms with van der Waals surface area (Å²) in [4.78, 5) is 9.40. The van der Waals surface area contributed by atoms with Gasteiger partial charge in [0.05, 0.1) is 5.92 Å². The summed E-state index contributed by atoms with van der Waals surface area (Å²) in [5.74, 6) is 2.62. The molecule has 1 aromatic rings. The molecule has 0 amide bonds. The topological polar surface area (TPSA) is 57.4 Å². The minimum atomic E-state index is 0.378. The molecule has 1 aromatic heterocycles. The first-order valence-corrected chi connectivity index (χ1v) is 7.55. The highest BCUT2D eigenvalue weighted by Crippen LogP contribution is 2.26. The molecular formula is C14H25N5O. The molecule has 0 aliphatic carbocycles. The quantitative estimate of drug-likeness (QED) is 0.852. The molecule has 3 rings (SSSR count). The van der Waals surface area contributed by atoms with Crippen LogP contribution in [0.5, 0.6) is 0 Å². The molecule has 3 atom stereocenters. The van der Waals surface area contributed by atoms with Crippen LogP contribution in [0, 0.1) is 5.92 Å². The second-order valence-electron chi connectivity index (χ2n) is 6.39. The van der Waals surface area contributed by atoms with E-state index in [0.29, 0.717) is 17.9 Å². The van der Waals surface area contributed by atoms with E-state index < -0.39 is 0 Å². The van der Waals surface area contributed by atoms with E-state index in [1.54, 1.807) is 0 Å². The summed E-state index contributed by atoms with van der Waals surface area (Å²) in [6.07, 6.45) is 0.874. The van der Waals surface area contributed by atoms with E-state index in [1.165, 1.54) is 0 Å². The van der Waals surface area contributed by atoms with Crippen LogP contribution in [-0.2, 0) is 6.42 Å². The molecule has 20 heavy (non-hydrogen) atoms. The molecule has 1 N–H and O–H groups in total. The summed E-state index contributed by atoms with van der Waals surface area (Å²) in [6, 6.07) is 0.485. The van der Waals surface area contributed by atoms with Gasteiger partial charge in [-0.2, -0.15) is 4.98 Å². The Morgan fingerprint density at radius 3 is 2.90 bits per heavy atom. The summed E-state index contributed by atoms with van der Waals surface area (Å²) in [6.45, 7) is 7.54. The maximum absolute atomic E-state index is 5.49. The molecule has 2 saturated heterocycles. The zero-order valence-corrected chi connectivity index (χ0v) is 12.7. The highest BCUT2D eigenvalue weighted by Gasteiger charge is 2.30. The van der Waals surface area contributed by atoms with Gasteiger partial charge in [0.2, 0.25) is 5.89 Å². The van der Waals surface area contributed by atoms with Gasteiger partial charge in [-0.1, -0.05) is 12.1 Å². The first-order chi connectivity index (χ1) is 9.63. The van der Waals surface area contributed by atoms with Gasteiger partial charge in [0, 0.05) is 38.6 Å². The largest absolute Gasteiger partial charge is 0.339 e. The molecule has 112 valence electrons. The SMILES string of the molecule is C[C@@H]1CNC[C@H]1c1nc(CC2CN(C)CCN2C)no1. The van der Waals surface area contributed by atoms with Crippen LogP contribution in [0.4, 0.5) is 0 Å². The van der Waals surface area contributed by atoms with E-state index in [9.17, 15) is 0 Å². The average molecular weight is 279 g/mol. The second kappa shape index (κ2) is 5.79. The highest BCUT2D eigenvalue weighted by molar-refractivity contribution is 5.02. The Bertz CT molecular complexity index is 449. The molecular weight excluding hydrogens is 254 g/mol. The molecule has 0 aromatic carbocycles. The number of piperazine rings is 1. The Morgan fingerprint density at radius 2 is 2.15 bits per heavy atom. The molecule has 0 bridgehead atoms. The first-order valence-electron chi connectivity index (χ1n) is 7.55. The molecule has 2 aliphatic heterocycles. The van der Waals surface area contributed by atoms with Gasteiger partial charge in [0.1, 0.15) is 0 Å². The lowest BCUT2D eigenvalue weighted by Gasteiger charge is -2.37. The van der Waals surface area contributed by atoms with Crippen molar-refractivity contribution in [3.63, 3.8) is 0 Å². The lowest BCUT2D eigenvalue weighted by Crippen LogP contribution is -2.50. The van der Waals surface area contributed by atoms with Crippen molar-refractivity contribution in [1.29, 1.82) is 0 Å². The maximum atomic E-state index is 5.49. The number of nitrogens with zero attached hydrogens (tertiary/aromatic N) is 4. The molecule has 2 aliphatic rings. The van der Waals surface area contributed by atoms with Gasteiger partial charge in [-0.25, -0.2) is 0 Å². The van der Waals surface area contributed by atoms with Crippen molar-refractivity contribution in [2.75, 3.05) is 46.8 Å². The van der Waals surface area contributed by atoms with Gasteiger partial charge >= 0.3 is 0 Å². The van der Waals surface area contributed by atoms with E-state index >= 15 is 0 Å². The number of hydrogen-bond acceptors (Lipinski definition) is 6. The highest BCUT2D eigenvalue weighted by atomic mass is 16.5. The minimum Gasteiger partial charge on any atom is -0.339 e. The number of rotatable bonds is 3. The Balaban J connectivity index is 1.64. The fourth-order valence-electron chi connectivity index (χ4n) is 3.17. The van der Waals surface area contributed by atoms with Crippen molar-refractivity contribution < 1.29 is 4.52 Å². The van der Waals surface area contributed by atoms with Crippen LogP contribution in [0.15, 0.2) is 4.52 Å². The number of aromatic nitrogens is 2. The van der Waals surface area contributed by atoms with E-state index in [-0.39, 0.29) is 0 Å². The first kappa shape index (κ1) is 14.0. The predicted molar refractivity (Wildman–Crippen MR) is 76.7 cm³/mol. The molecule has 0 spiro atoms. The normalized spacial score (nSPS) is 32.9. The van der Waals surface area contributed by atoms with E-state index in [1.807, 2.05) is 0 Å². The average Bonchev–Trinajstić information content (AvgIpc) is 3.02. The number of hydrogen-bond donors (Lipinski definition) is 1. The predicted octanol–water partition coefficient (Wildman–Crippen LogP) is 0.181. The summed E-state index contributed by atoms with van der Waals surface area (Å²) >= 11 is 0. The van der Waals surface area contributed by atoms with Crippen LogP contribution in [0.3, 0.4) is 0 Å². The van der Waals surface area contributed by atoms with Crippen molar-refractivity contribution in [2.24, 2.45) is 5.92 Å². The third-order valence-electron chi connectivity index (χ3n) is 4.72. The van der Waals surface area contributed by atoms with Crippen LogP contribution in [0.25, 0.3) is 0 Å². The van der Waals surface area contributed by atoms with Gasteiger partial charge in [0.25, 0.3) is 0 Å². The fourth-order valence-corrected chi connectivity index (χ4v) is 3.17. The Labute approximate surface area is 120 Å². The van der Waals surface area contributed by atoms with Crippen molar-refractivity contribution in [3.05, 3.63) is 11.7 Å². The smallest absolute Gasteiger partial charge is 0.231 e. The standard InChI is InChI=1S/C14H25N5O/c1-10-7-15-8-12(10)14-16-13(17-20-14)6-11-9-18(2)4-5-19(11)3/h10-12,15H,4-9H2,1-3H3/t10-,11?,12-/m1/s1. The monoisotopic (exact) mass is 279 g/mol. The number of likely N-dealkylation sites (N-methyl/N-ethyl adjacent to an activating group) is 2. The molecule has 0 saturated carbocycles. The van der Waals surface area contributed by atoms with Crippen molar-refractivity contribution in [3.8, 4) is 0 Å². The van der Waals surface area contributed by atoms with E-state index in [2.05, 4.69) is 46.3 Å². The molecule has 2 fully saturated rings. The molecule has 6 nitrogen and oxygen atoms in total. The van der Waals surface area contributed by atoms with Gasteiger partial charge in [-0.15, -0.1) is 0 Å². The summed E-state index contributed by atoms with van der Waals surface area (Å²) in [5, 5.41) is 7.57. The number of nitrogens with one attached hydrogen (secondary N) is 1. The van der Waals surface area contributed by atoms with Crippen LogP contribution in [0.1, 0.15) is 24.6 Å². The summed E-state index contributed by atoms with van der Waals surface area (Å²) < 4.78 is 5.49. The Hall–Kier alpha value is -0.980. The lowest BCUT2D eigenvalue weighted by atomic mass is 9.98. The minimum absolute atomic E-state index is 0.378. The lowest BCUT2D eigenvalue weighted by molar-refractivity contribution is 0.113. The fraction of sp³-hybridized carbons (Fsp3) is 0.857. The van der Waals surface area contributed by atoms with Gasteiger partial charge in [0.15, 0.2) is 5.82 Å². The van der Waals surface area contributed by atoms with Gasteiger partial charge < -0.3 is 19.6 Å². The van der Waals surface area contributed by atoms with Crippen LogP contribution < -0.4 is 5.32 Å².